The Labute approximate surface area is 154 Å². The van der Waals surface area contributed by atoms with Crippen molar-refractivity contribution in [1.29, 1.82) is 0 Å². The molecule has 1 aliphatic carbocycles. The normalized spacial score (nSPS) is 13.3. The number of anilines is 1. The van der Waals surface area contributed by atoms with Crippen molar-refractivity contribution in [1.82, 2.24) is 14.8 Å². The number of carbonyl (C=O) groups excluding carboxylic acids is 1. The summed E-state index contributed by atoms with van der Waals surface area (Å²) in [6.45, 7) is 4.50. The molecule has 0 spiro atoms. The van der Waals surface area contributed by atoms with E-state index in [2.05, 4.69) is 15.4 Å². The van der Waals surface area contributed by atoms with Gasteiger partial charge < -0.3 is 0 Å². The van der Waals surface area contributed by atoms with Crippen LogP contribution in [0.3, 0.4) is 0 Å². The largest absolute Gasteiger partial charge is 0.296 e. The van der Waals surface area contributed by atoms with Crippen molar-refractivity contribution in [2.24, 2.45) is 5.92 Å². The van der Waals surface area contributed by atoms with Crippen LogP contribution >= 0.6 is 11.3 Å². The molecule has 1 aliphatic rings. The van der Waals surface area contributed by atoms with E-state index in [-0.39, 0.29) is 23.1 Å². The van der Waals surface area contributed by atoms with Gasteiger partial charge in [-0.3, -0.25) is 14.9 Å². The lowest BCUT2D eigenvalue weighted by Crippen LogP contribution is -2.29. The monoisotopic (exact) mass is 368 g/mol. The molecule has 0 aliphatic heterocycles. The summed E-state index contributed by atoms with van der Waals surface area (Å²) in [4.78, 5) is 31.3. The fourth-order valence-corrected chi connectivity index (χ4v) is 4.32. The Hall–Kier alpha value is -2.54. The molecular weight excluding hydrogens is 348 g/mol. The van der Waals surface area contributed by atoms with Gasteiger partial charge in [0.1, 0.15) is 0 Å². The summed E-state index contributed by atoms with van der Waals surface area (Å²) < 4.78 is 1.39. The SMILES string of the molecule is CC(C)Cn1nc(C(=O)Nc2nc3c(s2)CCC3)c2ccccc2c1=O. The Bertz CT molecular complexity index is 1030. The second kappa shape index (κ2) is 6.64. The molecule has 7 heteroatoms. The van der Waals surface area contributed by atoms with E-state index >= 15 is 0 Å². The second-order valence-corrected chi connectivity index (χ2v) is 8.06. The molecule has 0 bridgehead atoms. The van der Waals surface area contributed by atoms with Crippen LogP contribution in [0.4, 0.5) is 5.13 Å². The third kappa shape index (κ3) is 3.03. The molecule has 1 amide bonds. The summed E-state index contributed by atoms with van der Waals surface area (Å²) >= 11 is 1.53. The Morgan fingerprint density at radius 2 is 2.04 bits per heavy atom. The van der Waals surface area contributed by atoms with Gasteiger partial charge >= 0.3 is 0 Å². The number of benzene rings is 1. The van der Waals surface area contributed by atoms with E-state index in [0.29, 0.717) is 22.4 Å². The quantitative estimate of drug-likeness (QED) is 0.767. The van der Waals surface area contributed by atoms with Crippen molar-refractivity contribution in [2.45, 2.75) is 39.7 Å². The van der Waals surface area contributed by atoms with Gasteiger partial charge in [-0.25, -0.2) is 9.67 Å². The van der Waals surface area contributed by atoms with Crippen LogP contribution in [0.5, 0.6) is 0 Å². The molecule has 0 unspecified atom stereocenters. The molecule has 4 rings (SSSR count). The molecule has 3 aromatic rings. The van der Waals surface area contributed by atoms with Gasteiger partial charge in [0.15, 0.2) is 10.8 Å². The molecule has 0 saturated carbocycles. The predicted molar refractivity (Wildman–Crippen MR) is 103 cm³/mol. The molecule has 0 fully saturated rings. The van der Waals surface area contributed by atoms with Gasteiger partial charge in [-0.1, -0.05) is 32.0 Å². The van der Waals surface area contributed by atoms with Crippen molar-refractivity contribution in [3.63, 3.8) is 0 Å². The van der Waals surface area contributed by atoms with Crippen molar-refractivity contribution >= 4 is 33.1 Å². The number of aryl methyl sites for hydroxylation is 2. The smallest absolute Gasteiger partial charge is 0.278 e. The Kier molecular flexibility index (Phi) is 4.32. The summed E-state index contributed by atoms with van der Waals surface area (Å²) in [5.41, 5.74) is 1.18. The van der Waals surface area contributed by atoms with Crippen LogP contribution in [-0.2, 0) is 19.4 Å². The number of nitrogens with zero attached hydrogens (tertiary/aromatic N) is 3. The van der Waals surface area contributed by atoms with Crippen LogP contribution in [0.1, 0.15) is 41.3 Å². The summed E-state index contributed by atoms with van der Waals surface area (Å²) in [6, 6.07) is 7.12. The second-order valence-electron chi connectivity index (χ2n) is 6.97. The number of amides is 1. The van der Waals surface area contributed by atoms with Crippen LogP contribution in [0, 0.1) is 5.92 Å². The molecule has 26 heavy (non-hydrogen) atoms. The van der Waals surface area contributed by atoms with Crippen LogP contribution in [0.25, 0.3) is 10.8 Å². The molecule has 2 aromatic heterocycles. The molecule has 1 aromatic carbocycles. The Morgan fingerprint density at radius 1 is 1.27 bits per heavy atom. The van der Waals surface area contributed by atoms with Crippen molar-refractivity contribution < 1.29 is 4.79 Å². The van der Waals surface area contributed by atoms with Gasteiger partial charge in [-0.2, -0.15) is 5.10 Å². The highest BCUT2D eigenvalue weighted by Gasteiger charge is 2.21. The zero-order valence-corrected chi connectivity index (χ0v) is 15.6. The van der Waals surface area contributed by atoms with Crippen LogP contribution in [-0.4, -0.2) is 20.7 Å². The van der Waals surface area contributed by atoms with Gasteiger partial charge in [0.05, 0.1) is 11.1 Å². The number of hydrogen-bond acceptors (Lipinski definition) is 5. The number of hydrogen-bond donors (Lipinski definition) is 1. The zero-order chi connectivity index (χ0) is 18.3. The maximum absolute atomic E-state index is 12.9. The minimum atomic E-state index is -0.328. The van der Waals surface area contributed by atoms with Crippen LogP contribution in [0.15, 0.2) is 29.1 Å². The molecule has 0 atom stereocenters. The molecule has 2 heterocycles. The van der Waals surface area contributed by atoms with E-state index in [1.54, 1.807) is 18.2 Å². The van der Waals surface area contributed by atoms with E-state index in [9.17, 15) is 9.59 Å². The lowest BCUT2D eigenvalue weighted by Gasteiger charge is -2.12. The van der Waals surface area contributed by atoms with Crippen LogP contribution in [0.2, 0.25) is 0 Å². The number of carbonyl (C=O) groups is 1. The van der Waals surface area contributed by atoms with E-state index in [1.807, 2.05) is 19.9 Å². The highest BCUT2D eigenvalue weighted by Crippen LogP contribution is 2.30. The highest BCUT2D eigenvalue weighted by molar-refractivity contribution is 7.16. The van der Waals surface area contributed by atoms with Gasteiger partial charge in [0.25, 0.3) is 11.5 Å². The van der Waals surface area contributed by atoms with Crippen molar-refractivity contribution in [2.75, 3.05) is 5.32 Å². The summed E-state index contributed by atoms with van der Waals surface area (Å²) in [5, 5.41) is 8.92. The Balaban J connectivity index is 1.75. The number of fused-ring (bicyclic) bond motifs is 2. The van der Waals surface area contributed by atoms with Crippen molar-refractivity contribution in [3.8, 4) is 0 Å². The van der Waals surface area contributed by atoms with E-state index < -0.39 is 0 Å². The average Bonchev–Trinajstić information content (AvgIpc) is 3.18. The molecule has 1 N–H and O–H groups in total. The number of aromatic nitrogens is 3. The maximum atomic E-state index is 12.9. The number of rotatable bonds is 4. The highest BCUT2D eigenvalue weighted by atomic mass is 32.1. The fourth-order valence-electron chi connectivity index (χ4n) is 3.27. The van der Waals surface area contributed by atoms with E-state index in [1.165, 1.54) is 20.9 Å². The molecule has 0 saturated heterocycles. The standard InChI is InChI=1S/C19H20N4O2S/c1-11(2)10-23-18(25)13-7-4-3-6-12(13)16(22-23)17(24)21-19-20-14-8-5-9-15(14)26-19/h3-4,6-7,11H,5,8-10H2,1-2H3,(H,20,21,24). The first-order valence-corrected chi connectivity index (χ1v) is 9.64. The number of nitrogens with one attached hydrogen (secondary N) is 1. The topological polar surface area (TPSA) is 76.9 Å². The van der Waals surface area contributed by atoms with Gasteiger partial charge in [-0.05, 0) is 31.2 Å². The Morgan fingerprint density at radius 3 is 2.77 bits per heavy atom. The first-order chi connectivity index (χ1) is 12.5. The van der Waals surface area contributed by atoms with E-state index in [0.717, 1.165) is 25.0 Å². The third-order valence-electron chi connectivity index (χ3n) is 4.44. The number of thiazole rings is 1. The zero-order valence-electron chi connectivity index (χ0n) is 14.8. The lowest BCUT2D eigenvalue weighted by molar-refractivity contribution is 0.102. The first kappa shape index (κ1) is 16.9. The van der Waals surface area contributed by atoms with Gasteiger partial charge in [-0.15, -0.1) is 11.3 Å². The fraction of sp³-hybridized carbons (Fsp3) is 0.368. The molecule has 6 nitrogen and oxygen atoms in total. The summed E-state index contributed by atoms with van der Waals surface area (Å²) in [7, 11) is 0. The first-order valence-electron chi connectivity index (χ1n) is 8.82. The summed E-state index contributed by atoms with van der Waals surface area (Å²) in [6.07, 6.45) is 3.14. The maximum Gasteiger partial charge on any atom is 0.278 e. The van der Waals surface area contributed by atoms with Gasteiger partial charge in [0, 0.05) is 16.8 Å². The summed E-state index contributed by atoms with van der Waals surface area (Å²) in [5.74, 6) is -0.0784. The molecule has 134 valence electrons. The van der Waals surface area contributed by atoms with Crippen molar-refractivity contribution in [3.05, 3.63) is 50.9 Å². The van der Waals surface area contributed by atoms with Crippen LogP contribution < -0.4 is 10.9 Å². The van der Waals surface area contributed by atoms with Gasteiger partial charge in [0.2, 0.25) is 0 Å². The molecule has 0 radical (unpaired) electrons. The average molecular weight is 368 g/mol. The molecular formula is C19H20N4O2S. The minimum absolute atomic E-state index is 0.168. The minimum Gasteiger partial charge on any atom is -0.296 e. The predicted octanol–water partition coefficient (Wildman–Crippen LogP) is 3.25. The third-order valence-corrected chi connectivity index (χ3v) is 5.51. The lowest BCUT2D eigenvalue weighted by atomic mass is 10.1. The van der Waals surface area contributed by atoms with E-state index in [4.69, 9.17) is 0 Å².